The van der Waals surface area contributed by atoms with Crippen LogP contribution in [0.5, 0.6) is 0 Å². The Bertz CT molecular complexity index is 419. The fraction of sp³-hybridized carbons (Fsp3) is 0.667. The van der Waals surface area contributed by atoms with Crippen molar-refractivity contribution >= 4 is 18.2 Å². The number of piperidine rings is 1. The summed E-state index contributed by atoms with van der Waals surface area (Å²) in [5.41, 5.74) is 2.35. The van der Waals surface area contributed by atoms with Crippen molar-refractivity contribution in [2.24, 2.45) is 0 Å². The maximum Gasteiger partial charge on any atom is 0.204 e. The Morgan fingerprint density at radius 3 is 2.56 bits per heavy atom. The Labute approximate surface area is 102 Å². The number of aromatic nitrogens is 2. The number of nitrogens with zero attached hydrogens (tertiary/aromatic N) is 2. The van der Waals surface area contributed by atoms with Crippen molar-refractivity contribution in [2.75, 3.05) is 18.0 Å². The Kier molecular flexibility index (Phi) is 3.59. The lowest BCUT2D eigenvalue weighted by atomic mass is 10.1. The van der Waals surface area contributed by atoms with E-state index in [4.69, 9.17) is 12.2 Å². The molecule has 1 saturated heterocycles. The van der Waals surface area contributed by atoms with Gasteiger partial charge in [-0.1, -0.05) is 19.1 Å². The molecule has 1 N–H and O–H groups in total. The van der Waals surface area contributed by atoms with Gasteiger partial charge in [0.25, 0.3) is 0 Å². The first-order valence-electron chi connectivity index (χ1n) is 6.07. The number of hydrogen-bond acceptors (Lipinski definition) is 3. The molecule has 0 atom stereocenters. The summed E-state index contributed by atoms with van der Waals surface area (Å²) in [4.78, 5) is 10.2. The monoisotopic (exact) mass is 237 g/mol. The third-order valence-electron chi connectivity index (χ3n) is 3.23. The fourth-order valence-corrected chi connectivity index (χ4v) is 2.65. The van der Waals surface area contributed by atoms with E-state index in [0.29, 0.717) is 0 Å². The molecule has 1 aliphatic rings. The van der Waals surface area contributed by atoms with E-state index >= 15 is 0 Å². The van der Waals surface area contributed by atoms with E-state index in [2.05, 4.69) is 28.7 Å². The zero-order valence-corrected chi connectivity index (χ0v) is 10.9. The quantitative estimate of drug-likeness (QED) is 0.802. The van der Waals surface area contributed by atoms with E-state index in [1.807, 2.05) is 0 Å². The van der Waals surface area contributed by atoms with Crippen LogP contribution in [0.25, 0.3) is 0 Å². The Balaban J connectivity index is 2.31. The molecule has 16 heavy (non-hydrogen) atoms. The van der Waals surface area contributed by atoms with Gasteiger partial charge in [0.15, 0.2) is 0 Å². The number of H-pyrrole nitrogens is 1. The van der Waals surface area contributed by atoms with Crippen LogP contribution < -0.4 is 4.90 Å². The third kappa shape index (κ3) is 2.26. The molecular formula is C12H19N3S. The molecular weight excluding hydrogens is 218 g/mol. The van der Waals surface area contributed by atoms with Crippen LogP contribution in [-0.4, -0.2) is 23.1 Å². The normalized spacial score (nSPS) is 16.5. The van der Waals surface area contributed by atoms with Crippen molar-refractivity contribution in [1.82, 2.24) is 9.97 Å². The van der Waals surface area contributed by atoms with E-state index in [0.717, 1.165) is 30.1 Å². The predicted molar refractivity (Wildman–Crippen MR) is 69.6 cm³/mol. The molecule has 1 aliphatic heterocycles. The van der Waals surface area contributed by atoms with Crippen molar-refractivity contribution in [2.45, 2.75) is 39.5 Å². The average molecular weight is 237 g/mol. The van der Waals surface area contributed by atoms with Crippen LogP contribution in [0, 0.1) is 11.6 Å². The second kappa shape index (κ2) is 4.95. The molecule has 0 amide bonds. The molecule has 4 heteroatoms. The van der Waals surface area contributed by atoms with Gasteiger partial charge < -0.3 is 9.88 Å². The lowest BCUT2D eigenvalue weighted by Crippen LogP contribution is -2.31. The molecule has 0 unspecified atom stereocenters. The van der Waals surface area contributed by atoms with Crippen molar-refractivity contribution in [3.05, 3.63) is 15.9 Å². The number of anilines is 1. The summed E-state index contributed by atoms with van der Waals surface area (Å²) in [7, 11) is 0. The molecule has 88 valence electrons. The van der Waals surface area contributed by atoms with Crippen LogP contribution in [0.1, 0.15) is 37.4 Å². The molecule has 2 heterocycles. The van der Waals surface area contributed by atoms with Gasteiger partial charge in [0.1, 0.15) is 4.64 Å². The second-order valence-corrected chi connectivity index (χ2v) is 4.76. The van der Waals surface area contributed by atoms with E-state index in [1.54, 1.807) is 0 Å². The number of hydrogen-bond donors (Lipinski definition) is 1. The van der Waals surface area contributed by atoms with Crippen LogP contribution in [0.3, 0.4) is 0 Å². The van der Waals surface area contributed by atoms with Crippen LogP contribution in [0.15, 0.2) is 0 Å². The van der Waals surface area contributed by atoms with E-state index < -0.39 is 0 Å². The molecule has 1 fully saturated rings. The zero-order valence-electron chi connectivity index (χ0n) is 10.0. The van der Waals surface area contributed by atoms with E-state index in [9.17, 15) is 0 Å². The number of nitrogens with one attached hydrogen (secondary N) is 1. The first-order valence-corrected chi connectivity index (χ1v) is 6.48. The standard InChI is InChI=1S/C12H19N3S/c1-3-10-9(2)13-12(14-11(10)16)15-7-5-4-6-8-15/h3-8H2,1-2H3,(H,13,14,16). The molecule has 0 saturated carbocycles. The first-order chi connectivity index (χ1) is 7.72. The second-order valence-electron chi connectivity index (χ2n) is 4.37. The van der Waals surface area contributed by atoms with Crippen LogP contribution in [-0.2, 0) is 6.42 Å². The summed E-state index contributed by atoms with van der Waals surface area (Å²) >= 11 is 5.34. The highest BCUT2D eigenvalue weighted by Gasteiger charge is 2.13. The SMILES string of the molecule is CCc1c(C)[nH]c(N2CCCCC2)nc1=S. The number of aromatic amines is 1. The van der Waals surface area contributed by atoms with Gasteiger partial charge in [-0.25, -0.2) is 4.98 Å². The van der Waals surface area contributed by atoms with Crippen LogP contribution >= 0.6 is 12.2 Å². The van der Waals surface area contributed by atoms with Crippen molar-refractivity contribution in [3.8, 4) is 0 Å². The van der Waals surface area contributed by atoms with Gasteiger partial charge in [-0.3, -0.25) is 0 Å². The first kappa shape index (κ1) is 11.6. The summed E-state index contributed by atoms with van der Waals surface area (Å²) in [5, 5.41) is 0. The summed E-state index contributed by atoms with van der Waals surface area (Å²) in [5.74, 6) is 0.958. The third-order valence-corrected chi connectivity index (χ3v) is 3.56. The molecule has 0 bridgehead atoms. The zero-order chi connectivity index (χ0) is 11.5. The molecule has 0 aliphatic carbocycles. The summed E-state index contributed by atoms with van der Waals surface area (Å²) < 4.78 is 0.763. The highest BCUT2D eigenvalue weighted by Crippen LogP contribution is 2.17. The van der Waals surface area contributed by atoms with Crippen LogP contribution in [0.2, 0.25) is 0 Å². The lowest BCUT2D eigenvalue weighted by molar-refractivity contribution is 0.567. The Morgan fingerprint density at radius 2 is 2.00 bits per heavy atom. The number of rotatable bonds is 2. The summed E-state index contributed by atoms with van der Waals surface area (Å²) in [6.45, 7) is 6.41. The minimum absolute atomic E-state index is 0.763. The molecule has 2 rings (SSSR count). The van der Waals surface area contributed by atoms with Crippen molar-refractivity contribution in [3.63, 3.8) is 0 Å². The Morgan fingerprint density at radius 1 is 1.31 bits per heavy atom. The lowest BCUT2D eigenvalue weighted by Gasteiger charge is -2.27. The van der Waals surface area contributed by atoms with Gasteiger partial charge in [0, 0.05) is 24.3 Å². The molecule has 1 aromatic heterocycles. The molecule has 0 radical (unpaired) electrons. The largest absolute Gasteiger partial charge is 0.342 e. The van der Waals surface area contributed by atoms with E-state index in [1.165, 1.54) is 30.5 Å². The van der Waals surface area contributed by atoms with Gasteiger partial charge in [0.05, 0.1) is 0 Å². The van der Waals surface area contributed by atoms with Crippen molar-refractivity contribution in [1.29, 1.82) is 0 Å². The highest BCUT2D eigenvalue weighted by atomic mass is 32.1. The molecule has 0 spiro atoms. The van der Waals surface area contributed by atoms with Gasteiger partial charge in [-0.15, -0.1) is 0 Å². The molecule has 3 nitrogen and oxygen atoms in total. The average Bonchev–Trinajstić information content (AvgIpc) is 2.30. The summed E-state index contributed by atoms with van der Waals surface area (Å²) in [6, 6.07) is 0. The van der Waals surface area contributed by atoms with Gasteiger partial charge in [-0.05, 0) is 32.6 Å². The van der Waals surface area contributed by atoms with Crippen molar-refractivity contribution < 1.29 is 0 Å². The topological polar surface area (TPSA) is 31.9 Å². The predicted octanol–water partition coefficient (Wildman–Crippen LogP) is 3.00. The van der Waals surface area contributed by atoms with Gasteiger partial charge in [-0.2, -0.15) is 0 Å². The molecule has 1 aromatic rings. The highest BCUT2D eigenvalue weighted by molar-refractivity contribution is 7.71. The minimum atomic E-state index is 0.763. The Hall–Kier alpha value is -0.900. The molecule has 0 aromatic carbocycles. The van der Waals surface area contributed by atoms with Gasteiger partial charge >= 0.3 is 0 Å². The van der Waals surface area contributed by atoms with Gasteiger partial charge in [0.2, 0.25) is 5.95 Å². The summed E-state index contributed by atoms with van der Waals surface area (Å²) in [6.07, 6.45) is 4.81. The minimum Gasteiger partial charge on any atom is -0.342 e. The number of aryl methyl sites for hydroxylation is 1. The maximum absolute atomic E-state index is 5.34. The van der Waals surface area contributed by atoms with Crippen LogP contribution in [0.4, 0.5) is 5.95 Å². The van der Waals surface area contributed by atoms with E-state index in [-0.39, 0.29) is 0 Å². The smallest absolute Gasteiger partial charge is 0.204 e. The fourth-order valence-electron chi connectivity index (χ4n) is 2.27. The maximum atomic E-state index is 5.34.